The minimum atomic E-state index is 0.201. The number of aliphatic imine (C=N–C) groups is 1. The van der Waals surface area contributed by atoms with E-state index in [0.717, 1.165) is 24.2 Å². The fourth-order valence-corrected chi connectivity index (χ4v) is 2.09. The first-order chi connectivity index (χ1) is 8.08. The third-order valence-corrected chi connectivity index (χ3v) is 2.73. The Kier molecular flexibility index (Phi) is 5.16. The van der Waals surface area contributed by atoms with Gasteiger partial charge in [-0.25, -0.2) is 4.99 Å². The fourth-order valence-electron chi connectivity index (χ4n) is 2.09. The zero-order valence-corrected chi connectivity index (χ0v) is 11.0. The SMILES string of the molecule is C=Nc1[nH]cc(CC(N)CC(C)C)c1/C=C\C. The maximum absolute atomic E-state index is 6.14. The number of allylic oxidation sites excluding steroid dienone is 1. The van der Waals surface area contributed by atoms with Crippen LogP contribution in [0, 0.1) is 5.92 Å². The predicted molar refractivity (Wildman–Crippen MR) is 75.8 cm³/mol. The number of hydrogen-bond donors (Lipinski definition) is 2. The lowest BCUT2D eigenvalue weighted by molar-refractivity contribution is 0.493. The number of nitrogens with one attached hydrogen (secondary N) is 1. The van der Waals surface area contributed by atoms with Crippen LogP contribution in [0.15, 0.2) is 17.3 Å². The molecule has 17 heavy (non-hydrogen) atoms. The summed E-state index contributed by atoms with van der Waals surface area (Å²) in [4.78, 5) is 7.11. The predicted octanol–water partition coefficient (Wildman–Crippen LogP) is 3.30. The molecule has 0 amide bonds. The molecule has 1 heterocycles. The lowest BCUT2D eigenvalue weighted by atomic mass is 9.97. The highest BCUT2D eigenvalue weighted by molar-refractivity contribution is 5.66. The first-order valence-electron chi connectivity index (χ1n) is 6.13. The lowest BCUT2D eigenvalue weighted by Gasteiger charge is -2.13. The van der Waals surface area contributed by atoms with Gasteiger partial charge in [-0.3, -0.25) is 0 Å². The van der Waals surface area contributed by atoms with Gasteiger partial charge in [-0.2, -0.15) is 0 Å². The summed E-state index contributed by atoms with van der Waals surface area (Å²) in [6.45, 7) is 9.96. The molecular weight excluding hydrogens is 210 g/mol. The van der Waals surface area contributed by atoms with Crippen molar-refractivity contribution in [2.45, 2.75) is 39.7 Å². The van der Waals surface area contributed by atoms with Gasteiger partial charge in [0, 0.05) is 17.8 Å². The summed E-state index contributed by atoms with van der Waals surface area (Å²) in [6.07, 6.45) is 7.97. The number of aromatic amines is 1. The molecular formula is C14H23N3. The van der Waals surface area contributed by atoms with Crippen LogP contribution >= 0.6 is 0 Å². The van der Waals surface area contributed by atoms with Crippen LogP contribution in [0.1, 0.15) is 38.3 Å². The molecule has 0 spiro atoms. The molecule has 0 aliphatic carbocycles. The second kappa shape index (κ2) is 6.40. The van der Waals surface area contributed by atoms with E-state index >= 15 is 0 Å². The zero-order valence-electron chi connectivity index (χ0n) is 11.0. The Morgan fingerprint density at radius 1 is 1.53 bits per heavy atom. The summed E-state index contributed by atoms with van der Waals surface area (Å²) < 4.78 is 0. The highest BCUT2D eigenvalue weighted by Crippen LogP contribution is 2.24. The molecule has 1 aromatic heterocycles. The minimum Gasteiger partial charge on any atom is -0.346 e. The molecule has 1 unspecified atom stereocenters. The topological polar surface area (TPSA) is 54.2 Å². The van der Waals surface area contributed by atoms with Gasteiger partial charge in [-0.1, -0.05) is 26.0 Å². The second-order valence-electron chi connectivity index (χ2n) is 4.83. The zero-order chi connectivity index (χ0) is 12.8. The number of aromatic nitrogens is 1. The number of rotatable bonds is 6. The standard InChI is InChI=1S/C14H23N3/c1-5-6-13-11(9-17-14(13)16-4)8-12(15)7-10(2)3/h5-6,9-10,12,17H,4,7-8,15H2,1-3H3/b6-5-. The number of H-pyrrole nitrogens is 1. The van der Waals surface area contributed by atoms with Crippen molar-refractivity contribution in [2.75, 3.05) is 0 Å². The van der Waals surface area contributed by atoms with Gasteiger partial charge in [0.1, 0.15) is 5.82 Å². The number of nitrogens with two attached hydrogens (primary N) is 1. The van der Waals surface area contributed by atoms with Crippen LogP contribution in [0.25, 0.3) is 6.08 Å². The van der Waals surface area contributed by atoms with Crippen molar-refractivity contribution >= 4 is 18.6 Å². The summed E-state index contributed by atoms with van der Waals surface area (Å²) in [5.74, 6) is 1.46. The van der Waals surface area contributed by atoms with Crippen LogP contribution < -0.4 is 5.73 Å². The Hall–Kier alpha value is -1.35. The van der Waals surface area contributed by atoms with E-state index < -0.39 is 0 Å². The van der Waals surface area contributed by atoms with E-state index in [1.165, 1.54) is 5.56 Å². The summed E-state index contributed by atoms with van der Waals surface area (Å²) in [7, 11) is 0. The van der Waals surface area contributed by atoms with Gasteiger partial charge in [0.15, 0.2) is 0 Å². The molecule has 1 atom stereocenters. The quantitative estimate of drug-likeness (QED) is 0.728. The number of hydrogen-bond acceptors (Lipinski definition) is 2. The Morgan fingerprint density at radius 2 is 2.24 bits per heavy atom. The smallest absolute Gasteiger partial charge is 0.136 e. The molecule has 3 heteroatoms. The van der Waals surface area contributed by atoms with Crippen molar-refractivity contribution in [3.63, 3.8) is 0 Å². The molecule has 0 aliphatic rings. The fraction of sp³-hybridized carbons (Fsp3) is 0.500. The largest absolute Gasteiger partial charge is 0.346 e. The number of nitrogens with zero attached hydrogens (tertiary/aromatic N) is 1. The Morgan fingerprint density at radius 3 is 2.76 bits per heavy atom. The van der Waals surface area contributed by atoms with E-state index in [1.807, 2.05) is 19.2 Å². The summed E-state index contributed by atoms with van der Waals surface area (Å²) in [5, 5.41) is 0. The summed E-state index contributed by atoms with van der Waals surface area (Å²) in [6, 6.07) is 0.201. The minimum absolute atomic E-state index is 0.201. The normalized spacial score (nSPS) is 13.5. The highest BCUT2D eigenvalue weighted by atomic mass is 14.9. The molecule has 3 nitrogen and oxygen atoms in total. The molecule has 1 rings (SSSR count). The van der Waals surface area contributed by atoms with Crippen molar-refractivity contribution in [3.8, 4) is 0 Å². The van der Waals surface area contributed by atoms with Gasteiger partial charge in [0.2, 0.25) is 0 Å². The monoisotopic (exact) mass is 233 g/mol. The third kappa shape index (κ3) is 3.86. The van der Waals surface area contributed by atoms with Crippen LogP contribution in [-0.4, -0.2) is 17.7 Å². The van der Waals surface area contributed by atoms with E-state index in [9.17, 15) is 0 Å². The molecule has 0 fully saturated rings. The van der Waals surface area contributed by atoms with Gasteiger partial charge < -0.3 is 10.7 Å². The molecule has 0 saturated carbocycles. The van der Waals surface area contributed by atoms with Gasteiger partial charge >= 0.3 is 0 Å². The van der Waals surface area contributed by atoms with Crippen molar-refractivity contribution in [3.05, 3.63) is 23.4 Å². The molecule has 0 saturated heterocycles. The average molecular weight is 233 g/mol. The van der Waals surface area contributed by atoms with Gasteiger partial charge in [-0.15, -0.1) is 0 Å². The van der Waals surface area contributed by atoms with Crippen LogP contribution in [-0.2, 0) is 6.42 Å². The van der Waals surface area contributed by atoms with E-state index in [1.54, 1.807) is 0 Å². The Balaban J connectivity index is 2.83. The van der Waals surface area contributed by atoms with Crippen molar-refractivity contribution in [2.24, 2.45) is 16.6 Å². The summed E-state index contributed by atoms with van der Waals surface area (Å²) >= 11 is 0. The second-order valence-corrected chi connectivity index (χ2v) is 4.83. The highest BCUT2D eigenvalue weighted by Gasteiger charge is 2.12. The van der Waals surface area contributed by atoms with E-state index in [0.29, 0.717) is 5.92 Å². The molecule has 94 valence electrons. The molecule has 3 N–H and O–H groups in total. The Bertz CT molecular complexity index is 388. The Labute approximate surface area is 104 Å². The van der Waals surface area contributed by atoms with E-state index in [-0.39, 0.29) is 6.04 Å². The maximum Gasteiger partial charge on any atom is 0.136 e. The van der Waals surface area contributed by atoms with Gasteiger partial charge in [0.05, 0.1) is 0 Å². The molecule has 1 aromatic rings. The summed E-state index contributed by atoms with van der Waals surface area (Å²) in [5.41, 5.74) is 8.47. The van der Waals surface area contributed by atoms with Gasteiger partial charge in [0.25, 0.3) is 0 Å². The van der Waals surface area contributed by atoms with Crippen molar-refractivity contribution in [1.82, 2.24) is 4.98 Å². The third-order valence-electron chi connectivity index (χ3n) is 2.73. The van der Waals surface area contributed by atoms with Crippen LogP contribution in [0.4, 0.5) is 5.82 Å². The molecule has 0 aromatic carbocycles. The maximum atomic E-state index is 6.14. The van der Waals surface area contributed by atoms with Gasteiger partial charge in [-0.05, 0) is 38.0 Å². The van der Waals surface area contributed by atoms with E-state index in [2.05, 4.69) is 36.6 Å². The van der Waals surface area contributed by atoms with Crippen molar-refractivity contribution < 1.29 is 0 Å². The first-order valence-corrected chi connectivity index (χ1v) is 6.13. The lowest BCUT2D eigenvalue weighted by Crippen LogP contribution is -2.24. The van der Waals surface area contributed by atoms with Crippen molar-refractivity contribution in [1.29, 1.82) is 0 Å². The average Bonchev–Trinajstić information content (AvgIpc) is 2.60. The molecule has 0 bridgehead atoms. The van der Waals surface area contributed by atoms with Crippen LogP contribution in [0.3, 0.4) is 0 Å². The first kappa shape index (κ1) is 13.7. The van der Waals surface area contributed by atoms with E-state index in [4.69, 9.17) is 5.73 Å². The molecule has 0 radical (unpaired) electrons. The van der Waals surface area contributed by atoms with Crippen LogP contribution in [0.5, 0.6) is 0 Å². The van der Waals surface area contributed by atoms with Crippen LogP contribution in [0.2, 0.25) is 0 Å². The molecule has 0 aliphatic heterocycles.